The SMILES string of the molecule is C1CN1.CC(N)C(=O)O.Cc1c[nH]c(=O)[nH]c1=O. The van der Waals surface area contributed by atoms with Gasteiger partial charge in [0.2, 0.25) is 0 Å². The molecule has 102 valence electrons. The highest BCUT2D eigenvalue weighted by molar-refractivity contribution is 5.72. The number of aryl methyl sites for hydroxylation is 1. The number of carboxylic acids is 1. The molecular weight excluding hydrogens is 240 g/mol. The summed E-state index contributed by atoms with van der Waals surface area (Å²) < 4.78 is 0. The number of nitrogens with one attached hydrogen (secondary N) is 3. The molecule has 0 radical (unpaired) electrons. The van der Waals surface area contributed by atoms with Crippen molar-refractivity contribution in [3.63, 3.8) is 0 Å². The summed E-state index contributed by atoms with van der Waals surface area (Å²) in [6, 6.07) is -0.731. The van der Waals surface area contributed by atoms with Crippen LogP contribution in [-0.2, 0) is 4.79 Å². The third kappa shape index (κ3) is 9.31. The molecule has 0 spiro atoms. The van der Waals surface area contributed by atoms with Crippen LogP contribution in [0.15, 0.2) is 15.8 Å². The van der Waals surface area contributed by atoms with Gasteiger partial charge in [-0.2, -0.15) is 0 Å². The zero-order valence-electron chi connectivity index (χ0n) is 10.3. The number of H-pyrrole nitrogens is 2. The van der Waals surface area contributed by atoms with Gasteiger partial charge >= 0.3 is 11.7 Å². The van der Waals surface area contributed by atoms with E-state index in [9.17, 15) is 14.4 Å². The third-order valence-electron chi connectivity index (χ3n) is 1.64. The van der Waals surface area contributed by atoms with E-state index >= 15 is 0 Å². The minimum absolute atomic E-state index is 0.334. The lowest BCUT2D eigenvalue weighted by molar-refractivity contribution is -0.138. The van der Waals surface area contributed by atoms with Gasteiger partial charge in [-0.15, -0.1) is 0 Å². The van der Waals surface area contributed by atoms with Gasteiger partial charge < -0.3 is 21.1 Å². The van der Waals surface area contributed by atoms with Crippen LogP contribution in [0, 0.1) is 6.92 Å². The maximum absolute atomic E-state index is 10.6. The van der Waals surface area contributed by atoms with Gasteiger partial charge in [-0.1, -0.05) is 0 Å². The topological polar surface area (TPSA) is 151 Å². The fourth-order valence-corrected chi connectivity index (χ4v) is 0.477. The van der Waals surface area contributed by atoms with Crippen LogP contribution in [0.1, 0.15) is 12.5 Å². The molecule has 0 saturated carbocycles. The number of hydrogen-bond acceptors (Lipinski definition) is 5. The highest BCUT2D eigenvalue weighted by Gasteiger charge is 1.99. The van der Waals surface area contributed by atoms with Gasteiger partial charge in [0.1, 0.15) is 6.04 Å². The molecule has 1 fully saturated rings. The molecule has 1 aromatic heterocycles. The average Bonchev–Trinajstić information content (AvgIpc) is 3.12. The predicted octanol–water partition coefficient (Wildman–Crippen LogP) is -1.62. The fraction of sp³-hybridized carbons (Fsp3) is 0.500. The van der Waals surface area contributed by atoms with Crippen LogP contribution < -0.4 is 22.3 Å². The van der Waals surface area contributed by atoms with Crippen LogP contribution in [0.4, 0.5) is 0 Å². The number of aliphatic carboxylic acids is 1. The van der Waals surface area contributed by atoms with Gasteiger partial charge in [-0.05, 0) is 13.8 Å². The molecule has 8 nitrogen and oxygen atoms in total. The molecular formula is C10H18N4O4. The van der Waals surface area contributed by atoms with E-state index in [0.29, 0.717) is 5.56 Å². The minimum Gasteiger partial charge on any atom is -0.480 e. The van der Waals surface area contributed by atoms with Gasteiger partial charge in [0.15, 0.2) is 0 Å². The Kier molecular flexibility index (Phi) is 7.32. The van der Waals surface area contributed by atoms with Gasteiger partial charge in [0.05, 0.1) is 0 Å². The van der Waals surface area contributed by atoms with Crippen molar-refractivity contribution in [1.82, 2.24) is 15.3 Å². The number of carboxylic acid groups (broad SMARTS) is 1. The van der Waals surface area contributed by atoms with Gasteiger partial charge in [0.25, 0.3) is 5.56 Å². The van der Waals surface area contributed by atoms with Crippen LogP contribution in [-0.4, -0.2) is 40.2 Å². The molecule has 0 amide bonds. The first-order valence-corrected chi connectivity index (χ1v) is 5.32. The molecule has 6 N–H and O–H groups in total. The molecule has 1 aliphatic heterocycles. The van der Waals surface area contributed by atoms with E-state index in [2.05, 4.69) is 15.3 Å². The second-order valence-electron chi connectivity index (χ2n) is 3.63. The monoisotopic (exact) mass is 258 g/mol. The molecule has 0 aliphatic carbocycles. The predicted molar refractivity (Wildman–Crippen MR) is 66.6 cm³/mol. The van der Waals surface area contributed by atoms with E-state index < -0.39 is 17.7 Å². The summed E-state index contributed by atoms with van der Waals surface area (Å²) in [4.78, 5) is 34.9. The Morgan fingerprint density at radius 2 is 1.89 bits per heavy atom. The maximum Gasteiger partial charge on any atom is 0.325 e. The normalized spacial score (nSPS) is 13.3. The summed E-state index contributed by atoms with van der Waals surface area (Å²) >= 11 is 0. The van der Waals surface area contributed by atoms with Crippen LogP contribution in [0.3, 0.4) is 0 Å². The molecule has 2 heterocycles. The maximum atomic E-state index is 10.6. The average molecular weight is 258 g/mol. The number of rotatable bonds is 1. The molecule has 1 atom stereocenters. The Bertz CT molecular complexity index is 473. The van der Waals surface area contributed by atoms with Crippen LogP contribution in [0.5, 0.6) is 0 Å². The van der Waals surface area contributed by atoms with Crippen molar-refractivity contribution in [1.29, 1.82) is 0 Å². The van der Waals surface area contributed by atoms with E-state index in [0.717, 1.165) is 0 Å². The molecule has 8 heteroatoms. The molecule has 18 heavy (non-hydrogen) atoms. The van der Waals surface area contributed by atoms with Crippen LogP contribution in [0.2, 0.25) is 0 Å². The van der Waals surface area contributed by atoms with Crippen molar-refractivity contribution in [2.75, 3.05) is 13.1 Å². The lowest BCUT2D eigenvalue weighted by atomic mass is 10.4. The zero-order valence-corrected chi connectivity index (χ0v) is 10.3. The fourth-order valence-electron chi connectivity index (χ4n) is 0.477. The summed E-state index contributed by atoms with van der Waals surface area (Å²) in [5, 5.41) is 10.9. The van der Waals surface area contributed by atoms with Gasteiger partial charge in [-0.25, -0.2) is 4.79 Å². The summed E-state index contributed by atoms with van der Waals surface area (Å²) in [6.07, 6.45) is 1.38. The minimum atomic E-state index is -0.963. The lowest BCUT2D eigenvalue weighted by Gasteiger charge is -1.90. The summed E-state index contributed by atoms with van der Waals surface area (Å²) in [6.45, 7) is 5.54. The summed E-state index contributed by atoms with van der Waals surface area (Å²) in [5.74, 6) is -0.963. The number of aromatic amines is 2. The van der Waals surface area contributed by atoms with Crippen molar-refractivity contribution in [2.24, 2.45) is 5.73 Å². The second kappa shape index (κ2) is 8.20. The van der Waals surface area contributed by atoms with Crippen LogP contribution in [0.25, 0.3) is 0 Å². The number of hydrogen-bond donors (Lipinski definition) is 5. The number of carbonyl (C=O) groups is 1. The third-order valence-corrected chi connectivity index (χ3v) is 1.64. The highest BCUT2D eigenvalue weighted by Crippen LogP contribution is 1.73. The first-order valence-electron chi connectivity index (χ1n) is 5.32. The Morgan fingerprint density at radius 1 is 1.44 bits per heavy atom. The second-order valence-corrected chi connectivity index (χ2v) is 3.63. The molecule has 1 aliphatic rings. The van der Waals surface area contributed by atoms with Gasteiger partial charge in [0, 0.05) is 24.8 Å². The first-order chi connectivity index (χ1) is 8.34. The van der Waals surface area contributed by atoms with E-state index in [1.807, 2.05) is 0 Å². The zero-order chi connectivity index (χ0) is 14.1. The molecule has 1 saturated heterocycles. The Morgan fingerprint density at radius 3 is 2.11 bits per heavy atom. The molecule has 1 aromatic rings. The molecule has 1 unspecified atom stereocenters. The van der Waals surface area contributed by atoms with Crippen LogP contribution >= 0.6 is 0 Å². The Balaban J connectivity index is 0.000000275. The quantitative estimate of drug-likeness (QED) is 0.382. The smallest absolute Gasteiger partial charge is 0.325 e. The van der Waals surface area contributed by atoms with E-state index in [4.69, 9.17) is 10.8 Å². The molecule has 2 rings (SSSR count). The van der Waals surface area contributed by atoms with Crippen molar-refractivity contribution >= 4 is 5.97 Å². The molecule has 0 bridgehead atoms. The number of aromatic nitrogens is 2. The van der Waals surface area contributed by atoms with E-state index in [1.165, 1.54) is 26.2 Å². The van der Waals surface area contributed by atoms with E-state index in [-0.39, 0.29) is 5.56 Å². The first kappa shape index (κ1) is 16.1. The van der Waals surface area contributed by atoms with Gasteiger partial charge in [-0.3, -0.25) is 14.6 Å². The van der Waals surface area contributed by atoms with E-state index in [1.54, 1.807) is 6.92 Å². The standard InChI is InChI=1S/C5H6N2O2.C3H7NO2.C2H5N/c1-3-2-6-5(9)7-4(3)8;1-2(4)3(5)6;1-2-3-1/h2H,1H3,(H2,6,7,8,9);2H,4H2,1H3,(H,5,6);3H,1-2H2. The van der Waals surface area contributed by atoms with Crippen molar-refractivity contribution in [3.8, 4) is 0 Å². The van der Waals surface area contributed by atoms with Crippen molar-refractivity contribution in [2.45, 2.75) is 19.9 Å². The highest BCUT2D eigenvalue weighted by atomic mass is 16.4. The lowest BCUT2D eigenvalue weighted by Crippen LogP contribution is -2.25. The summed E-state index contributed by atoms with van der Waals surface area (Å²) in [7, 11) is 0. The number of nitrogens with two attached hydrogens (primary N) is 1. The Hall–Kier alpha value is -1.93. The Labute approximate surface area is 103 Å². The van der Waals surface area contributed by atoms with Crippen molar-refractivity contribution in [3.05, 3.63) is 32.6 Å². The van der Waals surface area contributed by atoms with Crippen molar-refractivity contribution < 1.29 is 9.90 Å². The summed E-state index contributed by atoms with van der Waals surface area (Å²) in [5.41, 5.74) is 4.54. The largest absolute Gasteiger partial charge is 0.480 e. The molecule has 0 aromatic carbocycles.